The third-order valence-electron chi connectivity index (χ3n) is 1.30. The number of aryl methyl sites for hydroxylation is 1. The number of ether oxygens (including phenoxy) is 2. The first-order valence-corrected chi connectivity index (χ1v) is 5.25. The average Bonchev–Trinajstić information content (AvgIpc) is 2.14. The fraction of sp³-hybridized carbons (Fsp3) is 0.375. The molecule has 0 saturated carbocycles. The van der Waals surface area contributed by atoms with Crippen LogP contribution in [0.4, 0.5) is 3.89 Å². The van der Waals surface area contributed by atoms with Crippen molar-refractivity contribution in [1.82, 2.24) is 0 Å². The summed E-state index contributed by atoms with van der Waals surface area (Å²) in [6.45, 7) is 1.84. The summed E-state index contributed by atoms with van der Waals surface area (Å²) in [5, 5.41) is 0. The van der Waals surface area contributed by atoms with Crippen molar-refractivity contribution in [3.8, 4) is 11.7 Å². The van der Waals surface area contributed by atoms with E-state index < -0.39 is 10.5 Å². The van der Waals surface area contributed by atoms with Crippen LogP contribution in [0.25, 0.3) is 0 Å². The van der Waals surface area contributed by atoms with Crippen molar-refractivity contribution in [2.45, 2.75) is 6.92 Å². The van der Waals surface area contributed by atoms with Crippen LogP contribution in [0, 0.1) is 6.92 Å². The molecule has 0 radical (unpaired) electrons. The van der Waals surface area contributed by atoms with Crippen molar-refractivity contribution in [3.05, 3.63) is 17.9 Å². The van der Waals surface area contributed by atoms with Crippen molar-refractivity contribution in [2.24, 2.45) is 0 Å². The van der Waals surface area contributed by atoms with Gasteiger partial charge in [-0.1, -0.05) is 0 Å². The highest BCUT2D eigenvalue weighted by atomic mass is 32.3. The maximum atomic E-state index is 10.1. The number of rotatable bonds is 2. The largest absolute Gasteiger partial charge is 0.722 e. The molecule has 0 unspecified atom stereocenters. The maximum Gasteiger partial charge on any atom is 0.521 e. The Labute approximate surface area is 92.7 Å². The van der Waals surface area contributed by atoms with Gasteiger partial charge in [0.15, 0.2) is 7.11 Å². The van der Waals surface area contributed by atoms with Gasteiger partial charge in [-0.15, -0.1) is 3.89 Å². The molecule has 1 aromatic rings. The van der Waals surface area contributed by atoms with E-state index in [9.17, 15) is 3.89 Å². The number of hydrogen-bond donors (Lipinski definition) is 0. The van der Waals surface area contributed by atoms with E-state index in [2.05, 4.69) is 0 Å². The Balaban J connectivity index is 0.000000385. The van der Waals surface area contributed by atoms with Crippen molar-refractivity contribution >= 4 is 10.5 Å². The van der Waals surface area contributed by atoms with Crippen molar-refractivity contribution < 1.29 is 30.7 Å². The summed E-state index contributed by atoms with van der Waals surface area (Å²) in [5.74, 6) is 1.97. The maximum absolute atomic E-state index is 10.1. The zero-order chi connectivity index (χ0) is 12.8. The first-order chi connectivity index (χ1) is 7.26. The van der Waals surface area contributed by atoms with Gasteiger partial charge in [0.05, 0.1) is 7.11 Å². The highest BCUT2D eigenvalue weighted by molar-refractivity contribution is 7.80. The predicted molar refractivity (Wildman–Crippen MR) is 51.8 cm³/mol. The van der Waals surface area contributed by atoms with Gasteiger partial charge in [-0.2, -0.15) is 0 Å². The van der Waals surface area contributed by atoms with E-state index in [0.29, 0.717) is 5.95 Å². The molecule has 16 heavy (non-hydrogen) atoms. The lowest BCUT2D eigenvalue weighted by molar-refractivity contribution is 0.283. The van der Waals surface area contributed by atoms with Crippen LogP contribution < -0.4 is 9.47 Å². The Bertz CT molecular complexity index is 400. The van der Waals surface area contributed by atoms with Crippen LogP contribution in [0.3, 0.4) is 0 Å². The first kappa shape index (κ1) is 14.6. The van der Waals surface area contributed by atoms with Gasteiger partial charge in [0.25, 0.3) is 10.5 Å². The molecule has 0 spiro atoms. The summed E-state index contributed by atoms with van der Waals surface area (Å²) in [7, 11) is -2.26. The highest BCUT2D eigenvalue weighted by Crippen LogP contribution is 2.21. The Morgan fingerprint density at radius 2 is 1.81 bits per heavy atom. The van der Waals surface area contributed by atoms with E-state index in [0.717, 1.165) is 11.5 Å². The van der Waals surface area contributed by atoms with Crippen LogP contribution >= 0.6 is 0 Å². The summed E-state index contributed by atoms with van der Waals surface area (Å²) in [4.78, 5) is 0. The van der Waals surface area contributed by atoms with Crippen molar-refractivity contribution in [1.29, 1.82) is 0 Å². The molecule has 1 heterocycles. The minimum atomic E-state index is -5.42. The van der Waals surface area contributed by atoms with Crippen molar-refractivity contribution in [3.63, 3.8) is 0 Å². The van der Waals surface area contributed by atoms with Crippen LogP contribution in [-0.4, -0.2) is 27.2 Å². The molecule has 0 aromatic carbocycles. The van der Waals surface area contributed by atoms with Crippen LogP contribution in [0.5, 0.6) is 11.7 Å². The lowest BCUT2D eigenvalue weighted by atomic mass is 10.4. The van der Waals surface area contributed by atoms with Crippen molar-refractivity contribution in [2.75, 3.05) is 14.2 Å². The van der Waals surface area contributed by atoms with Crippen LogP contribution in [0.1, 0.15) is 5.76 Å². The Morgan fingerprint density at radius 3 is 2.19 bits per heavy atom. The molecular weight excluding hydrogens is 243 g/mol. The molecule has 0 saturated heterocycles. The summed E-state index contributed by atoms with van der Waals surface area (Å²) >= 11 is 0. The molecule has 92 valence electrons. The quantitative estimate of drug-likeness (QED) is 0.449. The lowest BCUT2D eigenvalue weighted by Gasteiger charge is -1.95. The molecule has 0 bridgehead atoms. The molecule has 0 aliphatic heterocycles. The number of methoxy groups -OCH3 is 2. The SMILES string of the molecule is COc1cc(C)[o+]c(OC)c1.O=S(=O)([O-])F. The number of hydrogen-bond acceptors (Lipinski definition) is 5. The molecule has 0 aliphatic carbocycles. The standard InChI is InChI=1S/C8H11O3.FHO3S/c1-6-4-7(9-2)5-8(10-3)11-6;1-5(2,3)4/h4-5H,1-3H3;(H,2,3,4)/q+1;/p-1. The Morgan fingerprint density at radius 1 is 1.31 bits per heavy atom. The Kier molecular flexibility index (Phi) is 5.68. The van der Waals surface area contributed by atoms with Gasteiger partial charge in [-0.3, -0.25) is 4.42 Å². The molecule has 1 rings (SSSR count). The summed E-state index contributed by atoms with van der Waals surface area (Å²) in [6, 6.07) is 3.48. The normalized spacial score (nSPS) is 10.1. The second-order valence-electron chi connectivity index (χ2n) is 2.52. The van der Waals surface area contributed by atoms with Gasteiger partial charge >= 0.3 is 5.95 Å². The van der Waals surface area contributed by atoms with Crippen LogP contribution in [0.15, 0.2) is 16.5 Å². The fourth-order valence-corrected chi connectivity index (χ4v) is 0.794. The van der Waals surface area contributed by atoms with Gasteiger partial charge < -0.3 is 14.0 Å². The lowest BCUT2D eigenvalue weighted by Crippen LogP contribution is -1.87. The average molecular weight is 254 g/mol. The Hall–Kier alpha value is -1.41. The van der Waals surface area contributed by atoms with E-state index >= 15 is 0 Å². The van der Waals surface area contributed by atoms with E-state index in [1.165, 1.54) is 0 Å². The molecular formula is C8H11FO6S. The first-order valence-electron chi connectivity index (χ1n) is 3.94. The molecule has 1 aromatic heterocycles. The molecule has 0 N–H and O–H groups in total. The molecule has 6 nitrogen and oxygen atoms in total. The number of halogens is 1. The second-order valence-corrected chi connectivity index (χ2v) is 3.31. The van der Waals surface area contributed by atoms with Gasteiger partial charge in [-0.05, 0) is 0 Å². The second kappa shape index (κ2) is 6.23. The fourth-order valence-electron chi connectivity index (χ4n) is 0.794. The van der Waals surface area contributed by atoms with E-state index in [1.807, 2.05) is 6.92 Å². The van der Waals surface area contributed by atoms with E-state index in [-0.39, 0.29) is 0 Å². The monoisotopic (exact) mass is 254 g/mol. The van der Waals surface area contributed by atoms with Crippen LogP contribution in [-0.2, 0) is 10.5 Å². The smallest absolute Gasteiger partial charge is 0.521 e. The van der Waals surface area contributed by atoms with Gasteiger partial charge in [-0.25, -0.2) is 8.42 Å². The summed E-state index contributed by atoms with van der Waals surface area (Å²) in [5.41, 5.74) is 0. The van der Waals surface area contributed by atoms with Gasteiger partial charge in [0.1, 0.15) is 11.8 Å². The van der Waals surface area contributed by atoms with Crippen LogP contribution in [0.2, 0.25) is 0 Å². The summed E-state index contributed by atoms with van der Waals surface area (Å²) in [6.07, 6.45) is 0. The van der Waals surface area contributed by atoms with Gasteiger partial charge in [0.2, 0.25) is 5.76 Å². The molecule has 0 aliphatic rings. The third-order valence-corrected chi connectivity index (χ3v) is 1.30. The highest BCUT2D eigenvalue weighted by Gasteiger charge is 2.10. The van der Waals surface area contributed by atoms with E-state index in [1.54, 1.807) is 26.4 Å². The van der Waals surface area contributed by atoms with Gasteiger partial charge in [0, 0.05) is 13.0 Å². The zero-order valence-corrected chi connectivity index (χ0v) is 9.71. The molecule has 0 atom stereocenters. The molecule has 0 fully saturated rings. The molecule has 8 heteroatoms. The van der Waals surface area contributed by atoms with E-state index in [4.69, 9.17) is 26.9 Å². The predicted octanol–water partition coefficient (Wildman–Crippen LogP) is 1.30. The minimum Gasteiger partial charge on any atom is -0.722 e. The molecule has 0 amide bonds. The topological polar surface area (TPSA) is 87.0 Å². The third kappa shape index (κ3) is 7.94. The minimum absolute atomic E-state index is 0.460. The zero-order valence-electron chi connectivity index (χ0n) is 8.89. The summed E-state index contributed by atoms with van der Waals surface area (Å²) < 4.78 is 50.4.